The van der Waals surface area contributed by atoms with Gasteiger partial charge in [0.05, 0.1) is 16.8 Å². The van der Waals surface area contributed by atoms with Gasteiger partial charge in [-0.05, 0) is 24.6 Å². The van der Waals surface area contributed by atoms with E-state index in [9.17, 15) is 8.42 Å². The molecule has 0 amide bonds. The Kier molecular flexibility index (Phi) is 4.93. The molecule has 0 unspecified atom stereocenters. The summed E-state index contributed by atoms with van der Waals surface area (Å²) in [6.07, 6.45) is 4.30. The molecular formula is C15H18N8O2S. The first-order valence-electron chi connectivity index (χ1n) is 7.70. The molecule has 1 aromatic carbocycles. The van der Waals surface area contributed by atoms with Gasteiger partial charge in [0, 0.05) is 18.7 Å². The monoisotopic (exact) mass is 374 g/mol. The van der Waals surface area contributed by atoms with Gasteiger partial charge in [0.1, 0.15) is 12.7 Å². The van der Waals surface area contributed by atoms with Crippen LogP contribution in [0.4, 0.5) is 5.82 Å². The van der Waals surface area contributed by atoms with E-state index in [0.29, 0.717) is 17.1 Å². The van der Waals surface area contributed by atoms with E-state index in [4.69, 9.17) is 11.5 Å². The average molecular weight is 374 g/mol. The molecular weight excluding hydrogens is 356 g/mol. The molecule has 2 aromatic heterocycles. The fourth-order valence-corrected chi connectivity index (χ4v) is 3.40. The highest BCUT2D eigenvalue weighted by Gasteiger charge is 2.17. The van der Waals surface area contributed by atoms with E-state index < -0.39 is 10.0 Å². The molecule has 0 saturated carbocycles. The van der Waals surface area contributed by atoms with Crippen LogP contribution in [0.1, 0.15) is 5.56 Å². The van der Waals surface area contributed by atoms with Crippen LogP contribution < -0.4 is 16.2 Å². The summed E-state index contributed by atoms with van der Waals surface area (Å²) in [6, 6.07) is 4.78. The van der Waals surface area contributed by atoms with Crippen molar-refractivity contribution in [2.75, 3.05) is 18.8 Å². The van der Waals surface area contributed by atoms with E-state index in [-0.39, 0.29) is 23.8 Å². The average Bonchev–Trinajstić information content (AvgIpc) is 3.15. The van der Waals surface area contributed by atoms with Crippen molar-refractivity contribution < 1.29 is 8.42 Å². The number of hydrogen-bond acceptors (Lipinski definition) is 8. The zero-order chi connectivity index (χ0) is 18.7. The Morgan fingerprint density at radius 3 is 2.81 bits per heavy atom. The predicted molar refractivity (Wildman–Crippen MR) is 95.8 cm³/mol. The lowest BCUT2D eigenvalue weighted by Crippen LogP contribution is -2.29. The van der Waals surface area contributed by atoms with Crippen LogP contribution in [0.3, 0.4) is 0 Å². The third-order valence-electron chi connectivity index (χ3n) is 3.65. The topological polar surface area (TPSA) is 155 Å². The number of aryl methyl sites for hydroxylation is 1. The quantitative estimate of drug-likeness (QED) is 0.538. The second-order valence-corrected chi connectivity index (χ2v) is 7.23. The van der Waals surface area contributed by atoms with Crippen LogP contribution in [-0.2, 0) is 10.0 Å². The number of aromatic nitrogens is 5. The van der Waals surface area contributed by atoms with E-state index in [1.165, 1.54) is 29.6 Å². The van der Waals surface area contributed by atoms with Crippen LogP contribution in [0.2, 0.25) is 0 Å². The summed E-state index contributed by atoms with van der Waals surface area (Å²) in [5.41, 5.74) is 13.2. The lowest BCUT2D eigenvalue weighted by molar-refractivity contribution is 0.582. The maximum atomic E-state index is 12.3. The van der Waals surface area contributed by atoms with E-state index >= 15 is 0 Å². The number of nitrogen functional groups attached to an aromatic ring is 1. The van der Waals surface area contributed by atoms with Crippen molar-refractivity contribution in [2.24, 2.45) is 5.73 Å². The van der Waals surface area contributed by atoms with Crippen molar-refractivity contribution in [1.82, 2.24) is 29.5 Å². The lowest BCUT2D eigenvalue weighted by atomic mass is 10.1. The van der Waals surface area contributed by atoms with Crippen LogP contribution in [0.15, 0.2) is 41.9 Å². The van der Waals surface area contributed by atoms with Gasteiger partial charge in [-0.15, -0.1) is 0 Å². The fraction of sp³-hybridized carbons (Fsp3) is 0.200. The molecule has 0 atom stereocenters. The highest BCUT2D eigenvalue weighted by atomic mass is 32.2. The van der Waals surface area contributed by atoms with Gasteiger partial charge in [0.15, 0.2) is 11.6 Å². The van der Waals surface area contributed by atoms with Gasteiger partial charge in [0.2, 0.25) is 10.0 Å². The van der Waals surface area contributed by atoms with Crippen LogP contribution in [0, 0.1) is 6.92 Å². The lowest BCUT2D eigenvalue weighted by Gasteiger charge is -2.11. The Morgan fingerprint density at radius 1 is 1.31 bits per heavy atom. The number of anilines is 1. The van der Waals surface area contributed by atoms with E-state index in [0.717, 1.165) is 5.56 Å². The van der Waals surface area contributed by atoms with Crippen molar-refractivity contribution in [2.45, 2.75) is 11.8 Å². The second-order valence-electron chi connectivity index (χ2n) is 5.47. The largest absolute Gasteiger partial charge is 0.381 e. The van der Waals surface area contributed by atoms with Gasteiger partial charge >= 0.3 is 0 Å². The third-order valence-corrected chi connectivity index (χ3v) is 5.11. The minimum absolute atomic E-state index is 0.118. The highest BCUT2D eigenvalue weighted by Crippen LogP contribution is 2.26. The Morgan fingerprint density at radius 2 is 2.12 bits per heavy atom. The zero-order valence-corrected chi connectivity index (χ0v) is 14.8. The Labute approximate surface area is 150 Å². The zero-order valence-electron chi connectivity index (χ0n) is 14.0. The number of nitrogens with one attached hydrogen (secondary N) is 1. The summed E-state index contributed by atoms with van der Waals surface area (Å²) in [5, 5.41) is 4.00. The predicted octanol–water partition coefficient (Wildman–Crippen LogP) is -0.148. The molecule has 0 aliphatic carbocycles. The molecule has 0 aliphatic rings. The molecule has 5 N–H and O–H groups in total. The molecule has 0 aliphatic heterocycles. The first-order valence-corrected chi connectivity index (χ1v) is 9.19. The van der Waals surface area contributed by atoms with Gasteiger partial charge in [-0.1, -0.05) is 6.07 Å². The van der Waals surface area contributed by atoms with Crippen molar-refractivity contribution in [3.8, 4) is 17.1 Å². The molecule has 0 fully saturated rings. The van der Waals surface area contributed by atoms with Crippen molar-refractivity contribution in [3.05, 3.63) is 42.6 Å². The summed E-state index contributed by atoms with van der Waals surface area (Å²) in [6.45, 7) is 2.22. The van der Waals surface area contributed by atoms with E-state index in [2.05, 4.69) is 24.8 Å². The van der Waals surface area contributed by atoms with Gasteiger partial charge < -0.3 is 11.5 Å². The van der Waals surface area contributed by atoms with E-state index in [1.807, 2.05) is 6.92 Å². The van der Waals surface area contributed by atoms with Gasteiger partial charge in [-0.25, -0.2) is 28.1 Å². The molecule has 11 heteroatoms. The smallest absolute Gasteiger partial charge is 0.240 e. The fourth-order valence-electron chi connectivity index (χ4n) is 2.33. The second kappa shape index (κ2) is 7.15. The number of nitrogens with zero attached hydrogens (tertiary/aromatic N) is 5. The molecule has 3 aromatic rings. The van der Waals surface area contributed by atoms with Crippen LogP contribution >= 0.6 is 0 Å². The first-order chi connectivity index (χ1) is 12.4. The number of benzene rings is 1. The molecule has 2 heterocycles. The molecule has 0 saturated heterocycles. The standard InChI is InChI=1S/C15H18N8O2S/c1-10-2-3-11(26(24,25)21-5-4-16)6-12(10)13-7-19-14(17)15(22-13)23-9-18-8-20-23/h2-3,6-9,21H,4-5,16H2,1H3,(H2,17,19). The minimum Gasteiger partial charge on any atom is -0.381 e. The van der Waals surface area contributed by atoms with Crippen LogP contribution in [0.25, 0.3) is 17.1 Å². The molecule has 136 valence electrons. The molecule has 0 spiro atoms. The molecule has 0 radical (unpaired) electrons. The summed E-state index contributed by atoms with van der Waals surface area (Å²) in [4.78, 5) is 12.6. The summed E-state index contributed by atoms with van der Waals surface area (Å²) in [5.74, 6) is 0.499. The number of sulfonamides is 1. The highest BCUT2D eigenvalue weighted by molar-refractivity contribution is 7.89. The van der Waals surface area contributed by atoms with Gasteiger partial charge in [-0.3, -0.25) is 0 Å². The Hall–Kier alpha value is -2.89. The Balaban J connectivity index is 2.07. The van der Waals surface area contributed by atoms with Gasteiger partial charge in [-0.2, -0.15) is 9.78 Å². The molecule has 10 nitrogen and oxygen atoms in total. The first kappa shape index (κ1) is 17.9. The van der Waals surface area contributed by atoms with Crippen LogP contribution in [0.5, 0.6) is 0 Å². The maximum absolute atomic E-state index is 12.3. The normalized spacial score (nSPS) is 11.6. The Bertz CT molecular complexity index is 1020. The number of hydrogen-bond donors (Lipinski definition) is 3. The summed E-state index contributed by atoms with van der Waals surface area (Å²) < 4.78 is 28.5. The number of nitrogens with two attached hydrogens (primary N) is 2. The van der Waals surface area contributed by atoms with Crippen molar-refractivity contribution in [3.63, 3.8) is 0 Å². The van der Waals surface area contributed by atoms with Crippen molar-refractivity contribution >= 4 is 15.8 Å². The SMILES string of the molecule is Cc1ccc(S(=O)(=O)NCCN)cc1-c1cnc(N)c(-n2cncn2)n1. The molecule has 0 bridgehead atoms. The third kappa shape index (κ3) is 3.54. The maximum Gasteiger partial charge on any atom is 0.240 e. The molecule has 26 heavy (non-hydrogen) atoms. The molecule has 3 rings (SSSR count). The minimum atomic E-state index is -3.66. The van der Waals surface area contributed by atoms with Crippen molar-refractivity contribution in [1.29, 1.82) is 0 Å². The van der Waals surface area contributed by atoms with E-state index in [1.54, 1.807) is 12.1 Å². The summed E-state index contributed by atoms with van der Waals surface area (Å²) in [7, 11) is -3.66. The van der Waals surface area contributed by atoms with Gasteiger partial charge in [0.25, 0.3) is 0 Å². The summed E-state index contributed by atoms with van der Waals surface area (Å²) >= 11 is 0. The number of rotatable bonds is 6. The van der Waals surface area contributed by atoms with Crippen LogP contribution in [-0.4, -0.2) is 46.2 Å².